The summed E-state index contributed by atoms with van der Waals surface area (Å²) in [7, 11) is 1.25. The molecule has 2 aromatic carbocycles. The Balaban J connectivity index is 2.31. The Hall–Kier alpha value is -2.21. The summed E-state index contributed by atoms with van der Waals surface area (Å²) in [5.74, 6) is -1.60. The van der Waals surface area contributed by atoms with Crippen LogP contribution in [0.1, 0.15) is 20.7 Å². The van der Waals surface area contributed by atoms with Crippen LogP contribution in [-0.4, -0.2) is 19.0 Å². The van der Waals surface area contributed by atoms with Gasteiger partial charge < -0.3 is 10.1 Å². The van der Waals surface area contributed by atoms with Crippen molar-refractivity contribution in [2.24, 2.45) is 0 Å². The van der Waals surface area contributed by atoms with Crippen molar-refractivity contribution in [2.45, 2.75) is 0 Å². The molecule has 0 heterocycles. The molecular formula is C15H11BrFNO3. The van der Waals surface area contributed by atoms with Gasteiger partial charge in [0.25, 0.3) is 5.91 Å². The number of carbonyl (C=O) groups is 2. The first-order valence-corrected chi connectivity index (χ1v) is 6.75. The Morgan fingerprint density at radius 1 is 1.19 bits per heavy atom. The highest BCUT2D eigenvalue weighted by atomic mass is 79.9. The van der Waals surface area contributed by atoms with Crippen LogP contribution in [-0.2, 0) is 4.74 Å². The molecule has 0 unspecified atom stereocenters. The van der Waals surface area contributed by atoms with Gasteiger partial charge in [-0.05, 0) is 36.4 Å². The largest absolute Gasteiger partial charge is 0.465 e. The third-order valence-electron chi connectivity index (χ3n) is 2.72. The molecule has 108 valence electrons. The molecule has 21 heavy (non-hydrogen) atoms. The van der Waals surface area contributed by atoms with Gasteiger partial charge in [-0.15, -0.1) is 0 Å². The van der Waals surface area contributed by atoms with Gasteiger partial charge in [-0.2, -0.15) is 0 Å². The molecule has 0 aliphatic rings. The Morgan fingerprint density at radius 3 is 2.62 bits per heavy atom. The van der Waals surface area contributed by atoms with Crippen molar-refractivity contribution in [3.05, 3.63) is 63.9 Å². The van der Waals surface area contributed by atoms with Crippen molar-refractivity contribution in [3.8, 4) is 0 Å². The lowest BCUT2D eigenvalue weighted by atomic mass is 10.1. The number of amides is 1. The van der Waals surface area contributed by atoms with E-state index in [-0.39, 0.29) is 11.1 Å². The van der Waals surface area contributed by atoms with Crippen LogP contribution in [0.2, 0.25) is 0 Å². The third kappa shape index (κ3) is 3.66. The van der Waals surface area contributed by atoms with Crippen molar-refractivity contribution in [1.29, 1.82) is 0 Å². The number of hydrogen-bond acceptors (Lipinski definition) is 3. The van der Waals surface area contributed by atoms with Gasteiger partial charge in [-0.3, -0.25) is 4.79 Å². The Kier molecular flexibility index (Phi) is 4.70. The number of nitrogens with one attached hydrogen (secondary N) is 1. The molecule has 1 N–H and O–H groups in total. The van der Waals surface area contributed by atoms with Gasteiger partial charge in [0.1, 0.15) is 5.82 Å². The average Bonchev–Trinajstić information content (AvgIpc) is 2.48. The molecule has 0 fully saturated rings. The molecule has 0 aromatic heterocycles. The van der Waals surface area contributed by atoms with E-state index < -0.39 is 17.7 Å². The normalized spacial score (nSPS) is 10.0. The molecule has 2 rings (SSSR count). The zero-order valence-corrected chi connectivity index (χ0v) is 12.6. The van der Waals surface area contributed by atoms with Crippen LogP contribution in [0.25, 0.3) is 0 Å². The van der Waals surface area contributed by atoms with Crippen LogP contribution in [0.3, 0.4) is 0 Å². The molecular weight excluding hydrogens is 341 g/mol. The minimum atomic E-state index is -0.578. The van der Waals surface area contributed by atoms with E-state index in [1.807, 2.05) is 0 Å². The Bertz CT molecular complexity index is 703. The first-order chi connectivity index (χ1) is 10.0. The van der Waals surface area contributed by atoms with E-state index in [1.165, 1.54) is 31.4 Å². The van der Waals surface area contributed by atoms with Gasteiger partial charge in [0.05, 0.1) is 18.4 Å². The lowest BCUT2D eigenvalue weighted by Crippen LogP contribution is -2.15. The molecule has 0 saturated heterocycles. The molecule has 4 nitrogen and oxygen atoms in total. The van der Waals surface area contributed by atoms with Gasteiger partial charge in [-0.25, -0.2) is 9.18 Å². The zero-order valence-electron chi connectivity index (χ0n) is 11.0. The summed E-state index contributed by atoms with van der Waals surface area (Å²) in [4.78, 5) is 23.8. The quantitative estimate of drug-likeness (QED) is 0.859. The molecule has 2 aromatic rings. The van der Waals surface area contributed by atoms with Crippen LogP contribution in [0.15, 0.2) is 46.9 Å². The Morgan fingerprint density at radius 2 is 1.95 bits per heavy atom. The van der Waals surface area contributed by atoms with Gasteiger partial charge in [0.15, 0.2) is 0 Å². The van der Waals surface area contributed by atoms with Gasteiger partial charge in [0, 0.05) is 10.0 Å². The van der Waals surface area contributed by atoms with Crippen LogP contribution in [0, 0.1) is 5.82 Å². The predicted octanol–water partition coefficient (Wildman–Crippen LogP) is 3.63. The molecule has 6 heteroatoms. The van der Waals surface area contributed by atoms with Crippen LogP contribution >= 0.6 is 15.9 Å². The second kappa shape index (κ2) is 6.49. The molecule has 0 spiro atoms. The maximum absolute atomic E-state index is 13.1. The summed E-state index contributed by atoms with van der Waals surface area (Å²) >= 11 is 3.24. The topological polar surface area (TPSA) is 55.4 Å². The lowest BCUT2D eigenvalue weighted by Gasteiger charge is -2.10. The minimum absolute atomic E-state index is 0.161. The van der Waals surface area contributed by atoms with E-state index in [0.717, 1.165) is 6.07 Å². The van der Waals surface area contributed by atoms with Gasteiger partial charge in [-0.1, -0.05) is 22.0 Å². The van der Waals surface area contributed by atoms with E-state index in [1.54, 1.807) is 12.1 Å². The average molecular weight is 352 g/mol. The van der Waals surface area contributed by atoms with E-state index in [9.17, 15) is 14.0 Å². The molecule has 0 aliphatic carbocycles. The van der Waals surface area contributed by atoms with Crippen molar-refractivity contribution >= 4 is 33.5 Å². The van der Waals surface area contributed by atoms with Gasteiger partial charge in [0.2, 0.25) is 0 Å². The highest BCUT2D eigenvalue weighted by Gasteiger charge is 2.15. The number of halogens is 2. The van der Waals surface area contributed by atoms with Crippen molar-refractivity contribution in [2.75, 3.05) is 12.4 Å². The summed E-state index contributed by atoms with van der Waals surface area (Å²) in [6.45, 7) is 0. The highest BCUT2D eigenvalue weighted by molar-refractivity contribution is 9.10. The van der Waals surface area contributed by atoms with Crippen LogP contribution in [0.4, 0.5) is 10.1 Å². The van der Waals surface area contributed by atoms with E-state index in [4.69, 9.17) is 0 Å². The summed E-state index contributed by atoms with van der Waals surface area (Å²) in [5, 5.41) is 2.57. The number of rotatable bonds is 3. The molecule has 0 saturated carbocycles. The first-order valence-electron chi connectivity index (χ1n) is 5.96. The fourth-order valence-electron chi connectivity index (χ4n) is 1.73. The van der Waals surface area contributed by atoms with E-state index >= 15 is 0 Å². The fourth-order valence-corrected chi connectivity index (χ4v) is 2.09. The van der Waals surface area contributed by atoms with Crippen LogP contribution < -0.4 is 5.32 Å². The first kappa shape index (κ1) is 15.2. The monoisotopic (exact) mass is 351 g/mol. The number of hydrogen-bond donors (Lipinski definition) is 1. The van der Waals surface area contributed by atoms with E-state index in [0.29, 0.717) is 10.2 Å². The van der Waals surface area contributed by atoms with E-state index in [2.05, 4.69) is 26.0 Å². The molecule has 0 aliphatic heterocycles. The van der Waals surface area contributed by atoms with Crippen molar-refractivity contribution in [1.82, 2.24) is 0 Å². The summed E-state index contributed by atoms with van der Waals surface area (Å²) in [6.07, 6.45) is 0. The number of carbonyl (C=O) groups excluding carboxylic acids is 2. The third-order valence-corrected chi connectivity index (χ3v) is 3.22. The van der Waals surface area contributed by atoms with Crippen molar-refractivity contribution < 1.29 is 18.7 Å². The van der Waals surface area contributed by atoms with Crippen LogP contribution in [0.5, 0.6) is 0 Å². The standard InChI is InChI=1S/C15H11BrFNO3/c1-21-15(20)12-8-10(16)5-6-13(12)18-14(19)9-3-2-4-11(17)7-9/h2-8H,1H3,(H,18,19). The lowest BCUT2D eigenvalue weighted by molar-refractivity contribution is 0.0602. The maximum Gasteiger partial charge on any atom is 0.340 e. The second-order valence-electron chi connectivity index (χ2n) is 4.15. The SMILES string of the molecule is COC(=O)c1cc(Br)ccc1NC(=O)c1cccc(F)c1. The molecule has 0 atom stereocenters. The maximum atomic E-state index is 13.1. The smallest absolute Gasteiger partial charge is 0.340 e. The molecule has 0 bridgehead atoms. The number of ether oxygens (including phenoxy) is 1. The summed E-state index contributed by atoms with van der Waals surface area (Å²) in [6, 6.07) is 10.1. The predicted molar refractivity (Wildman–Crippen MR) is 79.8 cm³/mol. The number of methoxy groups -OCH3 is 1. The number of benzene rings is 2. The minimum Gasteiger partial charge on any atom is -0.465 e. The molecule has 0 radical (unpaired) electrons. The number of esters is 1. The summed E-state index contributed by atoms with van der Waals surface area (Å²) in [5.41, 5.74) is 0.657. The van der Waals surface area contributed by atoms with Gasteiger partial charge >= 0.3 is 5.97 Å². The molecule has 1 amide bonds. The van der Waals surface area contributed by atoms with Crippen molar-refractivity contribution in [3.63, 3.8) is 0 Å². The second-order valence-corrected chi connectivity index (χ2v) is 5.06. The summed E-state index contributed by atoms with van der Waals surface area (Å²) < 4.78 is 18.5. The zero-order chi connectivity index (χ0) is 15.4. The number of anilines is 1. The Labute approximate surface area is 129 Å². The highest BCUT2D eigenvalue weighted by Crippen LogP contribution is 2.22. The fraction of sp³-hybridized carbons (Fsp3) is 0.0667.